The molecule has 3 aromatic rings. The number of nitrogens with one attached hydrogen (secondary N) is 2. The standard InChI is InChI=1S/C23H26ClN3O/c1-15(2)27-12-9-17-7-8-18(13-19(17)22(27)28)26-23(10-11-25-14-23)20-5-4-6-21(24)16(20)3/h4-9,12-13,15,25-26H,10-11,14H2,1-3H3/t23-/m1/s1. The van der Waals surface area contributed by atoms with Crippen LogP contribution in [0.25, 0.3) is 10.8 Å². The number of anilines is 1. The van der Waals surface area contributed by atoms with Gasteiger partial charge in [-0.3, -0.25) is 4.79 Å². The van der Waals surface area contributed by atoms with Gasteiger partial charge in [0.25, 0.3) is 5.56 Å². The summed E-state index contributed by atoms with van der Waals surface area (Å²) in [5.74, 6) is 0. The average molecular weight is 396 g/mol. The van der Waals surface area contributed by atoms with Gasteiger partial charge in [0.15, 0.2) is 0 Å². The van der Waals surface area contributed by atoms with E-state index in [1.807, 2.05) is 50.4 Å². The third-order valence-electron chi connectivity index (χ3n) is 5.81. The first-order chi connectivity index (χ1) is 13.4. The van der Waals surface area contributed by atoms with Gasteiger partial charge in [-0.15, -0.1) is 0 Å². The van der Waals surface area contributed by atoms with Gasteiger partial charge in [-0.05, 0) is 74.5 Å². The summed E-state index contributed by atoms with van der Waals surface area (Å²) in [6.07, 6.45) is 2.83. The number of hydrogen-bond donors (Lipinski definition) is 2. The van der Waals surface area contributed by atoms with Gasteiger partial charge in [0.1, 0.15) is 0 Å². The van der Waals surface area contributed by atoms with Crippen molar-refractivity contribution in [2.75, 3.05) is 18.4 Å². The summed E-state index contributed by atoms with van der Waals surface area (Å²) < 4.78 is 1.78. The molecule has 1 saturated heterocycles. The molecule has 4 nitrogen and oxygen atoms in total. The quantitative estimate of drug-likeness (QED) is 0.664. The Morgan fingerprint density at radius 1 is 1.21 bits per heavy atom. The molecule has 4 rings (SSSR count). The molecule has 0 saturated carbocycles. The number of rotatable bonds is 4. The molecule has 0 radical (unpaired) electrons. The molecule has 1 aromatic heterocycles. The smallest absolute Gasteiger partial charge is 0.258 e. The minimum absolute atomic E-state index is 0.0497. The van der Waals surface area contributed by atoms with Crippen molar-refractivity contribution in [1.29, 1.82) is 0 Å². The number of fused-ring (bicyclic) bond motifs is 1. The Kier molecular flexibility index (Phi) is 4.94. The average Bonchev–Trinajstić information content (AvgIpc) is 3.13. The van der Waals surface area contributed by atoms with E-state index in [-0.39, 0.29) is 17.1 Å². The van der Waals surface area contributed by atoms with E-state index < -0.39 is 0 Å². The Hall–Kier alpha value is -2.30. The third-order valence-corrected chi connectivity index (χ3v) is 6.22. The molecule has 0 bridgehead atoms. The largest absolute Gasteiger partial charge is 0.374 e. The second kappa shape index (κ2) is 7.26. The highest BCUT2D eigenvalue weighted by molar-refractivity contribution is 6.31. The van der Waals surface area contributed by atoms with Crippen molar-refractivity contribution in [3.05, 3.63) is 75.2 Å². The minimum Gasteiger partial charge on any atom is -0.374 e. The maximum atomic E-state index is 12.9. The van der Waals surface area contributed by atoms with Gasteiger partial charge in [0, 0.05) is 34.9 Å². The number of nitrogens with zero attached hydrogens (tertiary/aromatic N) is 1. The highest BCUT2D eigenvalue weighted by Gasteiger charge is 2.37. The lowest BCUT2D eigenvalue weighted by Gasteiger charge is -2.33. The lowest BCUT2D eigenvalue weighted by Crippen LogP contribution is -2.38. The van der Waals surface area contributed by atoms with E-state index in [2.05, 4.69) is 29.7 Å². The fourth-order valence-corrected chi connectivity index (χ4v) is 4.41. The zero-order valence-electron chi connectivity index (χ0n) is 16.6. The Morgan fingerprint density at radius 3 is 2.75 bits per heavy atom. The van der Waals surface area contributed by atoms with Crippen LogP contribution < -0.4 is 16.2 Å². The fraction of sp³-hybridized carbons (Fsp3) is 0.348. The second-order valence-corrected chi connectivity index (χ2v) is 8.38. The molecule has 146 valence electrons. The maximum absolute atomic E-state index is 12.9. The highest BCUT2D eigenvalue weighted by atomic mass is 35.5. The molecule has 0 unspecified atom stereocenters. The van der Waals surface area contributed by atoms with Crippen molar-refractivity contribution in [3.63, 3.8) is 0 Å². The summed E-state index contributed by atoms with van der Waals surface area (Å²) in [5.41, 5.74) is 3.07. The summed E-state index contributed by atoms with van der Waals surface area (Å²) in [6.45, 7) is 7.87. The van der Waals surface area contributed by atoms with Crippen LogP contribution in [0, 0.1) is 6.92 Å². The molecule has 2 N–H and O–H groups in total. The molecule has 0 aliphatic carbocycles. The Balaban J connectivity index is 1.80. The van der Waals surface area contributed by atoms with Gasteiger partial charge in [0.05, 0.1) is 5.54 Å². The SMILES string of the molecule is Cc1c(Cl)cccc1[C@@]1(Nc2ccc3ccn(C(C)C)c(=O)c3c2)CCNC1. The van der Waals surface area contributed by atoms with Gasteiger partial charge >= 0.3 is 0 Å². The minimum atomic E-state index is -0.242. The predicted octanol–water partition coefficient (Wildman–Crippen LogP) is 4.84. The van der Waals surface area contributed by atoms with Crippen molar-refractivity contribution < 1.29 is 0 Å². The van der Waals surface area contributed by atoms with Crippen LogP contribution in [0.2, 0.25) is 5.02 Å². The van der Waals surface area contributed by atoms with E-state index in [1.165, 1.54) is 5.56 Å². The molecular weight excluding hydrogens is 370 g/mol. The van der Waals surface area contributed by atoms with E-state index in [0.717, 1.165) is 46.6 Å². The lowest BCUT2D eigenvalue weighted by atomic mass is 9.85. The van der Waals surface area contributed by atoms with Gasteiger partial charge in [0.2, 0.25) is 0 Å². The van der Waals surface area contributed by atoms with Crippen LogP contribution in [0.15, 0.2) is 53.5 Å². The lowest BCUT2D eigenvalue weighted by molar-refractivity contribution is 0.539. The Labute approximate surface area is 170 Å². The van der Waals surface area contributed by atoms with Crippen LogP contribution in [0.5, 0.6) is 0 Å². The van der Waals surface area contributed by atoms with E-state index in [1.54, 1.807) is 4.57 Å². The molecule has 2 aromatic carbocycles. The maximum Gasteiger partial charge on any atom is 0.258 e. The normalized spacial score (nSPS) is 19.5. The molecule has 28 heavy (non-hydrogen) atoms. The van der Waals surface area contributed by atoms with Gasteiger partial charge < -0.3 is 15.2 Å². The summed E-state index contributed by atoms with van der Waals surface area (Å²) >= 11 is 6.41. The molecule has 1 aliphatic rings. The molecule has 5 heteroatoms. The first-order valence-corrected chi connectivity index (χ1v) is 10.2. The molecule has 1 aliphatic heterocycles. The summed E-state index contributed by atoms with van der Waals surface area (Å²) in [7, 11) is 0. The number of benzene rings is 2. The number of hydrogen-bond acceptors (Lipinski definition) is 3. The van der Waals surface area contributed by atoms with Crippen molar-refractivity contribution in [2.24, 2.45) is 0 Å². The molecular formula is C23H26ClN3O. The molecule has 0 spiro atoms. The zero-order chi connectivity index (χ0) is 19.9. The van der Waals surface area contributed by atoms with Crippen LogP contribution in [-0.4, -0.2) is 17.7 Å². The first kappa shape index (κ1) is 19.0. The van der Waals surface area contributed by atoms with Crippen molar-refractivity contribution >= 4 is 28.1 Å². The van der Waals surface area contributed by atoms with Crippen LogP contribution in [0.1, 0.15) is 37.4 Å². The number of aromatic nitrogens is 1. The molecule has 1 fully saturated rings. The van der Waals surface area contributed by atoms with E-state index >= 15 is 0 Å². The fourth-order valence-electron chi connectivity index (χ4n) is 4.24. The van der Waals surface area contributed by atoms with E-state index in [4.69, 9.17) is 11.6 Å². The predicted molar refractivity (Wildman–Crippen MR) is 118 cm³/mol. The topological polar surface area (TPSA) is 46.1 Å². The zero-order valence-corrected chi connectivity index (χ0v) is 17.3. The highest BCUT2D eigenvalue weighted by Crippen LogP contribution is 2.36. The summed E-state index contributed by atoms with van der Waals surface area (Å²) in [4.78, 5) is 12.9. The van der Waals surface area contributed by atoms with Crippen LogP contribution >= 0.6 is 11.6 Å². The van der Waals surface area contributed by atoms with Crippen LogP contribution in [-0.2, 0) is 5.54 Å². The number of pyridine rings is 1. The summed E-state index contributed by atoms with van der Waals surface area (Å²) in [6, 6.07) is 14.3. The summed E-state index contributed by atoms with van der Waals surface area (Å²) in [5, 5.41) is 9.70. The van der Waals surface area contributed by atoms with Crippen molar-refractivity contribution in [2.45, 2.75) is 38.8 Å². The Bertz CT molecular complexity index is 1080. The molecule has 1 atom stereocenters. The van der Waals surface area contributed by atoms with Gasteiger partial charge in [-0.2, -0.15) is 0 Å². The third kappa shape index (κ3) is 3.21. The molecule has 0 amide bonds. The van der Waals surface area contributed by atoms with E-state index in [0.29, 0.717) is 0 Å². The van der Waals surface area contributed by atoms with Crippen molar-refractivity contribution in [1.82, 2.24) is 9.88 Å². The number of halogens is 1. The molecule has 2 heterocycles. The van der Waals surface area contributed by atoms with Crippen LogP contribution in [0.4, 0.5) is 5.69 Å². The monoisotopic (exact) mass is 395 g/mol. The first-order valence-electron chi connectivity index (χ1n) is 9.81. The van der Waals surface area contributed by atoms with Gasteiger partial charge in [-0.1, -0.05) is 29.8 Å². The van der Waals surface area contributed by atoms with Crippen molar-refractivity contribution in [3.8, 4) is 0 Å². The van der Waals surface area contributed by atoms with Crippen LogP contribution in [0.3, 0.4) is 0 Å². The van der Waals surface area contributed by atoms with Gasteiger partial charge in [-0.25, -0.2) is 0 Å². The van der Waals surface area contributed by atoms with E-state index in [9.17, 15) is 4.79 Å². The Morgan fingerprint density at radius 2 is 2.04 bits per heavy atom. The second-order valence-electron chi connectivity index (χ2n) is 7.97.